The Morgan fingerprint density at radius 2 is 1.79 bits per heavy atom. The third-order valence-corrected chi connectivity index (χ3v) is 5.19. The topological polar surface area (TPSA) is 71.8 Å². The molecule has 0 radical (unpaired) electrons. The number of hydrogen-bond donors (Lipinski definition) is 1. The lowest BCUT2D eigenvalue weighted by atomic mass is 10.1. The molecule has 2 aromatic carbocycles. The van der Waals surface area contributed by atoms with Gasteiger partial charge >= 0.3 is 5.97 Å². The highest BCUT2D eigenvalue weighted by molar-refractivity contribution is 6.35. The molecule has 0 unspecified atom stereocenters. The molecule has 1 saturated heterocycles. The molecule has 6 nitrogen and oxygen atoms in total. The molecular weight excluding hydrogens is 406 g/mol. The van der Waals surface area contributed by atoms with E-state index in [1.807, 2.05) is 11.0 Å². The van der Waals surface area contributed by atoms with E-state index in [4.69, 9.17) is 16.3 Å². The zero-order valence-electron chi connectivity index (χ0n) is 15.0. The summed E-state index contributed by atoms with van der Waals surface area (Å²) < 4.78 is 34.9. The lowest BCUT2D eigenvalue weighted by Gasteiger charge is -2.31. The van der Waals surface area contributed by atoms with Crippen molar-refractivity contribution in [2.75, 3.05) is 31.2 Å². The van der Waals surface area contributed by atoms with Crippen LogP contribution in [0.15, 0.2) is 41.3 Å². The Morgan fingerprint density at radius 1 is 1.14 bits per heavy atom. The highest BCUT2D eigenvalue weighted by atomic mass is 35.5. The van der Waals surface area contributed by atoms with Crippen LogP contribution in [0.2, 0.25) is 5.02 Å². The van der Waals surface area contributed by atoms with Crippen LogP contribution in [0.25, 0.3) is 16.6 Å². The van der Waals surface area contributed by atoms with Gasteiger partial charge in [0.25, 0.3) is 0 Å². The molecule has 0 amide bonds. The number of anilines is 1. The van der Waals surface area contributed by atoms with Gasteiger partial charge in [0.1, 0.15) is 10.6 Å². The average Bonchev–Trinajstić information content (AvgIpc) is 2.73. The highest BCUT2D eigenvalue weighted by Gasteiger charge is 2.24. The number of benzene rings is 2. The summed E-state index contributed by atoms with van der Waals surface area (Å²) in [4.78, 5) is 26.2. The maximum atomic E-state index is 14.2. The number of rotatable bonds is 3. The van der Waals surface area contributed by atoms with Gasteiger partial charge in [-0.2, -0.15) is 0 Å². The molecule has 29 heavy (non-hydrogen) atoms. The molecule has 150 valence electrons. The number of carboxylic acids is 1. The van der Waals surface area contributed by atoms with E-state index in [9.17, 15) is 23.5 Å². The van der Waals surface area contributed by atoms with Crippen LogP contribution in [0.4, 0.5) is 14.5 Å². The predicted molar refractivity (Wildman–Crippen MR) is 104 cm³/mol. The van der Waals surface area contributed by atoms with Crippen molar-refractivity contribution in [3.05, 3.63) is 69.0 Å². The zero-order valence-corrected chi connectivity index (χ0v) is 15.7. The normalized spacial score (nSPS) is 14.4. The minimum Gasteiger partial charge on any atom is -0.477 e. The second kappa shape index (κ2) is 7.46. The van der Waals surface area contributed by atoms with Crippen LogP contribution < -0.4 is 10.3 Å². The molecule has 0 aliphatic carbocycles. The highest BCUT2D eigenvalue weighted by Crippen LogP contribution is 2.33. The summed E-state index contributed by atoms with van der Waals surface area (Å²) in [6.07, 6.45) is 1.09. The first-order valence-corrected chi connectivity index (χ1v) is 9.16. The maximum Gasteiger partial charge on any atom is 0.341 e. The summed E-state index contributed by atoms with van der Waals surface area (Å²) in [5.74, 6) is -4.11. The van der Waals surface area contributed by atoms with Gasteiger partial charge in [-0.3, -0.25) is 4.79 Å². The second-order valence-electron chi connectivity index (χ2n) is 6.52. The quantitative estimate of drug-likeness (QED) is 0.657. The van der Waals surface area contributed by atoms with E-state index in [1.54, 1.807) is 18.2 Å². The van der Waals surface area contributed by atoms with Crippen LogP contribution >= 0.6 is 11.6 Å². The van der Waals surface area contributed by atoms with E-state index in [0.29, 0.717) is 38.1 Å². The number of hydrogen-bond acceptors (Lipinski definition) is 4. The number of morpholine rings is 1. The number of carbonyl (C=O) groups is 1. The molecule has 1 aliphatic heterocycles. The third kappa shape index (κ3) is 3.24. The molecule has 2 heterocycles. The summed E-state index contributed by atoms with van der Waals surface area (Å²) in [5, 5.41) is 8.56. The number of ether oxygens (including phenoxy) is 1. The Morgan fingerprint density at radius 3 is 2.45 bits per heavy atom. The molecule has 1 aromatic heterocycles. The average molecular weight is 421 g/mol. The Bertz CT molecular complexity index is 1190. The summed E-state index contributed by atoms with van der Waals surface area (Å²) in [6.45, 7) is 2.22. The fraction of sp³-hybridized carbons (Fsp3) is 0.200. The van der Waals surface area contributed by atoms with Crippen LogP contribution in [-0.2, 0) is 4.74 Å². The molecule has 1 N–H and O–H groups in total. The number of carboxylic acid groups (broad SMARTS) is 1. The van der Waals surface area contributed by atoms with Gasteiger partial charge in [0.15, 0.2) is 11.6 Å². The standard InChI is InChI=1S/C20H15ClF2N2O4/c21-16-17(23)13(22)9-11-18(16)25(10-12(19(11)26)20(27)28)15-4-2-1-3-14(15)24-5-7-29-8-6-24/h1-4,9-10H,5-8H2,(H,27,28). The molecule has 0 bridgehead atoms. The summed E-state index contributed by atoms with van der Waals surface area (Å²) in [7, 11) is 0. The van der Waals surface area contributed by atoms with Crippen LogP contribution in [0.5, 0.6) is 0 Å². The van der Waals surface area contributed by atoms with E-state index in [-0.39, 0.29) is 10.9 Å². The van der Waals surface area contributed by atoms with Gasteiger partial charge < -0.3 is 19.3 Å². The molecule has 1 fully saturated rings. The van der Waals surface area contributed by atoms with Crippen molar-refractivity contribution in [3.8, 4) is 5.69 Å². The first-order valence-electron chi connectivity index (χ1n) is 8.78. The third-order valence-electron chi connectivity index (χ3n) is 4.85. The Hall–Kier alpha value is -2.97. The molecule has 9 heteroatoms. The predicted octanol–water partition coefficient (Wildman–Crippen LogP) is 3.46. The molecule has 0 atom stereocenters. The van der Waals surface area contributed by atoms with Crippen LogP contribution in [-0.4, -0.2) is 41.9 Å². The van der Waals surface area contributed by atoms with Gasteiger partial charge in [-0.05, 0) is 18.2 Å². The minimum atomic E-state index is -1.48. The maximum absolute atomic E-state index is 14.2. The Balaban J connectivity index is 2.09. The van der Waals surface area contributed by atoms with Crippen molar-refractivity contribution in [1.82, 2.24) is 4.57 Å². The van der Waals surface area contributed by atoms with Gasteiger partial charge in [0, 0.05) is 19.3 Å². The molecular formula is C20H15ClF2N2O4. The van der Waals surface area contributed by atoms with Gasteiger partial charge in [-0.15, -0.1) is 0 Å². The molecule has 1 aliphatic rings. The van der Waals surface area contributed by atoms with Crippen molar-refractivity contribution in [1.29, 1.82) is 0 Å². The van der Waals surface area contributed by atoms with Gasteiger partial charge in [0.05, 0.1) is 35.5 Å². The minimum absolute atomic E-state index is 0.0960. The lowest BCUT2D eigenvalue weighted by molar-refractivity contribution is 0.0695. The van der Waals surface area contributed by atoms with E-state index in [0.717, 1.165) is 11.9 Å². The Labute approximate surface area is 168 Å². The smallest absolute Gasteiger partial charge is 0.341 e. The van der Waals surface area contributed by atoms with Gasteiger partial charge in [0.2, 0.25) is 5.43 Å². The fourth-order valence-electron chi connectivity index (χ4n) is 3.47. The number of fused-ring (bicyclic) bond motifs is 1. The van der Waals surface area contributed by atoms with Crippen LogP contribution in [0, 0.1) is 11.6 Å². The number of pyridine rings is 1. The van der Waals surface area contributed by atoms with Crippen molar-refractivity contribution >= 4 is 34.2 Å². The summed E-state index contributed by atoms with van der Waals surface area (Å²) in [6, 6.07) is 7.71. The zero-order chi connectivity index (χ0) is 20.7. The first-order chi connectivity index (χ1) is 13.9. The molecule has 3 aromatic rings. The van der Waals surface area contributed by atoms with Crippen molar-refractivity contribution < 1.29 is 23.4 Å². The fourth-order valence-corrected chi connectivity index (χ4v) is 3.76. The van der Waals surface area contributed by atoms with Crippen molar-refractivity contribution in [2.24, 2.45) is 0 Å². The first kappa shape index (κ1) is 19.4. The summed E-state index contributed by atoms with van der Waals surface area (Å²) in [5.41, 5.74) is -0.404. The number of aromatic carboxylic acids is 1. The number of aromatic nitrogens is 1. The van der Waals surface area contributed by atoms with E-state index < -0.39 is 33.6 Å². The molecule has 0 spiro atoms. The van der Waals surface area contributed by atoms with E-state index in [2.05, 4.69) is 0 Å². The van der Waals surface area contributed by atoms with Crippen molar-refractivity contribution in [2.45, 2.75) is 0 Å². The SMILES string of the molecule is O=C(O)c1cn(-c2ccccc2N2CCOCC2)c2c(Cl)c(F)c(F)cc2c1=O. The number of halogens is 3. The van der Waals surface area contributed by atoms with Gasteiger partial charge in [-0.25, -0.2) is 13.6 Å². The Kier molecular flexibility index (Phi) is 4.97. The van der Waals surface area contributed by atoms with Crippen LogP contribution in [0.3, 0.4) is 0 Å². The van der Waals surface area contributed by atoms with Gasteiger partial charge in [-0.1, -0.05) is 23.7 Å². The number of para-hydroxylation sites is 2. The van der Waals surface area contributed by atoms with Crippen LogP contribution in [0.1, 0.15) is 10.4 Å². The second-order valence-corrected chi connectivity index (χ2v) is 6.90. The lowest BCUT2D eigenvalue weighted by Crippen LogP contribution is -2.36. The number of nitrogens with zero attached hydrogens (tertiary/aromatic N) is 2. The van der Waals surface area contributed by atoms with E-state index >= 15 is 0 Å². The molecule has 4 rings (SSSR count). The molecule has 0 saturated carbocycles. The largest absolute Gasteiger partial charge is 0.477 e. The van der Waals surface area contributed by atoms with Crippen molar-refractivity contribution in [3.63, 3.8) is 0 Å². The monoisotopic (exact) mass is 420 g/mol. The van der Waals surface area contributed by atoms with E-state index in [1.165, 1.54) is 4.57 Å². The summed E-state index contributed by atoms with van der Waals surface area (Å²) >= 11 is 6.07.